The van der Waals surface area contributed by atoms with Gasteiger partial charge in [-0.1, -0.05) is 36.4 Å². The van der Waals surface area contributed by atoms with Gasteiger partial charge in [0.15, 0.2) is 0 Å². The van der Waals surface area contributed by atoms with Gasteiger partial charge in [0.1, 0.15) is 5.75 Å². The third kappa shape index (κ3) is 2.71. The summed E-state index contributed by atoms with van der Waals surface area (Å²) in [5, 5.41) is 10.7. The zero-order chi connectivity index (χ0) is 13.1. The van der Waals surface area contributed by atoms with Crippen LogP contribution in [0.5, 0.6) is 5.75 Å². The lowest BCUT2D eigenvalue weighted by atomic mass is 10.2. The average Bonchev–Trinajstić information content (AvgIpc) is 2.46. The number of benzene rings is 2. The molecule has 0 fully saturated rings. The molecule has 19 heavy (non-hydrogen) atoms. The summed E-state index contributed by atoms with van der Waals surface area (Å²) >= 11 is 1.71. The molecule has 0 bridgehead atoms. The fourth-order valence-electron chi connectivity index (χ4n) is 1.92. The van der Waals surface area contributed by atoms with Gasteiger partial charge in [0, 0.05) is 11.3 Å². The van der Waals surface area contributed by atoms with Crippen molar-refractivity contribution in [2.24, 2.45) is 4.99 Å². The van der Waals surface area contributed by atoms with E-state index in [2.05, 4.69) is 11.1 Å². The SMILES string of the molecule is Oc1ccccc1/C=C/C1=Nc2ccccc2CS1. The normalized spacial score (nSPS) is 14.2. The molecule has 0 aliphatic carbocycles. The number of para-hydroxylation sites is 2. The molecule has 0 amide bonds. The van der Waals surface area contributed by atoms with Crippen molar-refractivity contribution in [2.45, 2.75) is 5.75 Å². The Kier molecular flexibility index (Phi) is 3.38. The Morgan fingerprint density at radius 2 is 1.79 bits per heavy atom. The van der Waals surface area contributed by atoms with Gasteiger partial charge in [-0.3, -0.25) is 0 Å². The van der Waals surface area contributed by atoms with Crippen LogP contribution in [0.4, 0.5) is 5.69 Å². The third-order valence-electron chi connectivity index (χ3n) is 2.94. The average molecular weight is 267 g/mol. The second-order valence-electron chi connectivity index (χ2n) is 4.26. The third-order valence-corrected chi connectivity index (χ3v) is 3.92. The van der Waals surface area contributed by atoms with E-state index in [0.29, 0.717) is 5.75 Å². The summed E-state index contributed by atoms with van der Waals surface area (Å²) < 4.78 is 0. The van der Waals surface area contributed by atoms with Crippen molar-refractivity contribution >= 4 is 28.6 Å². The maximum absolute atomic E-state index is 9.70. The van der Waals surface area contributed by atoms with Crippen molar-refractivity contribution in [2.75, 3.05) is 0 Å². The van der Waals surface area contributed by atoms with Crippen molar-refractivity contribution in [3.8, 4) is 5.75 Å². The molecule has 0 saturated carbocycles. The fraction of sp³-hybridized carbons (Fsp3) is 0.0625. The Morgan fingerprint density at radius 3 is 2.68 bits per heavy atom. The lowest BCUT2D eigenvalue weighted by Crippen LogP contribution is -1.95. The highest BCUT2D eigenvalue weighted by atomic mass is 32.2. The molecule has 2 aromatic carbocycles. The number of rotatable bonds is 2. The van der Waals surface area contributed by atoms with Gasteiger partial charge in [-0.15, -0.1) is 11.8 Å². The molecule has 0 aromatic heterocycles. The highest BCUT2D eigenvalue weighted by molar-refractivity contribution is 8.13. The number of thioether (sulfide) groups is 1. The lowest BCUT2D eigenvalue weighted by molar-refractivity contribution is 0.474. The van der Waals surface area contributed by atoms with E-state index in [-0.39, 0.29) is 0 Å². The molecule has 2 nitrogen and oxygen atoms in total. The predicted octanol–water partition coefficient (Wildman–Crippen LogP) is 4.38. The van der Waals surface area contributed by atoms with Crippen LogP contribution in [0.2, 0.25) is 0 Å². The minimum absolute atomic E-state index is 0.292. The van der Waals surface area contributed by atoms with E-state index in [4.69, 9.17) is 0 Å². The number of phenols is 1. The van der Waals surface area contributed by atoms with Gasteiger partial charge in [-0.25, -0.2) is 4.99 Å². The van der Waals surface area contributed by atoms with Gasteiger partial charge in [0.25, 0.3) is 0 Å². The molecule has 2 aromatic rings. The monoisotopic (exact) mass is 267 g/mol. The summed E-state index contributed by atoms with van der Waals surface area (Å²) in [5.74, 6) is 1.24. The Hall–Kier alpha value is -2.00. The van der Waals surface area contributed by atoms with Crippen molar-refractivity contribution in [3.05, 3.63) is 65.7 Å². The summed E-state index contributed by atoms with van der Waals surface area (Å²) in [6.45, 7) is 0. The van der Waals surface area contributed by atoms with Crippen LogP contribution in [0.1, 0.15) is 11.1 Å². The summed E-state index contributed by atoms with van der Waals surface area (Å²) in [4.78, 5) is 4.60. The molecule has 1 N–H and O–H groups in total. The van der Waals surface area contributed by atoms with Crippen LogP contribution < -0.4 is 0 Å². The number of nitrogens with zero attached hydrogens (tertiary/aromatic N) is 1. The van der Waals surface area contributed by atoms with Crippen LogP contribution in [0, 0.1) is 0 Å². The van der Waals surface area contributed by atoms with Gasteiger partial charge >= 0.3 is 0 Å². The molecule has 1 heterocycles. The quantitative estimate of drug-likeness (QED) is 0.875. The second-order valence-corrected chi connectivity index (χ2v) is 5.26. The summed E-state index contributed by atoms with van der Waals surface area (Å²) in [6.07, 6.45) is 3.85. The maximum atomic E-state index is 9.70. The van der Waals surface area contributed by atoms with Gasteiger partial charge < -0.3 is 5.11 Å². The first-order valence-electron chi connectivity index (χ1n) is 6.08. The first-order valence-corrected chi connectivity index (χ1v) is 7.07. The summed E-state index contributed by atoms with van der Waals surface area (Å²) in [5.41, 5.74) is 3.12. The van der Waals surface area contributed by atoms with E-state index < -0.39 is 0 Å². The molecule has 1 aliphatic heterocycles. The Balaban J connectivity index is 1.86. The second kappa shape index (κ2) is 5.33. The van der Waals surface area contributed by atoms with Crippen LogP contribution in [-0.2, 0) is 5.75 Å². The number of aliphatic imine (C=N–C) groups is 1. The zero-order valence-electron chi connectivity index (χ0n) is 10.3. The smallest absolute Gasteiger partial charge is 0.122 e. The van der Waals surface area contributed by atoms with Gasteiger partial charge in [0.2, 0.25) is 0 Å². The largest absolute Gasteiger partial charge is 0.507 e. The number of hydrogen-bond donors (Lipinski definition) is 1. The molecule has 3 heteroatoms. The minimum atomic E-state index is 0.292. The standard InChI is InChI=1S/C16H13NOS/c18-15-8-4-2-5-12(15)9-10-16-17-14-7-3-1-6-13(14)11-19-16/h1-10,18H,11H2/b10-9+. The zero-order valence-corrected chi connectivity index (χ0v) is 11.1. The molecule has 3 rings (SSSR count). The Bertz CT molecular complexity index is 661. The Morgan fingerprint density at radius 1 is 1.00 bits per heavy atom. The topological polar surface area (TPSA) is 32.6 Å². The molecule has 94 valence electrons. The first-order chi connectivity index (χ1) is 9.33. The Labute approximate surface area is 116 Å². The highest BCUT2D eigenvalue weighted by Crippen LogP contribution is 2.31. The molecule has 0 atom stereocenters. The van der Waals surface area contributed by atoms with E-state index in [1.54, 1.807) is 17.8 Å². The first kappa shape index (κ1) is 12.1. The van der Waals surface area contributed by atoms with Crippen LogP contribution in [-0.4, -0.2) is 10.2 Å². The van der Waals surface area contributed by atoms with E-state index in [9.17, 15) is 5.11 Å². The molecular formula is C16H13NOS. The van der Waals surface area contributed by atoms with Crippen molar-refractivity contribution < 1.29 is 5.11 Å². The number of aromatic hydroxyl groups is 1. The maximum Gasteiger partial charge on any atom is 0.122 e. The number of phenolic OH excluding ortho intramolecular Hbond substituents is 1. The van der Waals surface area contributed by atoms with Crippen LogP contribution in [0.3, 0.4) is 0 Å². The van der Waals surface area contributed by atoms with Crippen molar-refractivity contribution in [1.82, 2.24) is 0 Å². The fourth-order valence-corrected chi connectivity index (χ4v) is 2.79. The molecule has 0 unspecified atom stereocenters. The predicted molar refractivity (Wildman–Crippen MR) is 82.0 cm³/mol. The van der Waals surface area contributed by atoms with Gasteiger partial charge in [0.05, 0.1) is 10.7 Å². The van der Waals surface area contributed by atoms with Crippen molar-refractivity contribution in [3.63, 3.8) is 0 Å². The van der Waals surface area contributed by atoms with Crippen molar-refractivity contribution in [1.29, 1.82) is 0 Å². The molecule has 1 aliphatic rings. The van der Waals surface area contributed by atoms with Gasteiger partial charge in [-0.2, -0.15) is 0 Å². The number of hydrogen-bond acceptors (Lipinski definition) is 3. The summed E-state index contributed by atoms with van der Waals surface area (Å²) in [6, 6.07) is 15.5. The van der Waals surface area contributed by atoms with E-state index in [1.165, 1.54) is 5.56 Å². The lowest BCUT2D eigenvalue weighted by Gasteiger charge is -2.12. The molecule has 0 spiro atoms. The van der Waals surface area contributed by atoms with Crippen LogP contribution in [0.15, 0.2) is 59.6 Å². The van der Waals surface area contributed by atoms with E-state index in [1.807, 2.05) is 48.6 Å². The minimum Gasteiger partial charge on any atom is -0.507 e. The van der Waals surface area contributed by atoms with Crippen LogP contribution in [0.25, 0.3) is 6.08 Å². The van der Waals surface area contributed by atoms with E-state index >= 15 is 0 Å². The van der Waals surface area contributed by atoms with E-state index in [0.717, 1.165) is 22.0 Å². The highest BCUT2D eigenvalue weighted by Gasteiger charge is 2.09. The molecule has 0 radical (unpaired) electrons. The number of fused-ring (bicyclic) bond motifs is 1. The molecular weight excluding hydrogens is 254 g/mol. The van der Waals surface area contributed by atoms with Gasteiger partial charge in [-0.05, 0) is 29.8 Å². The van der Waals surface area contributed by atoms with Crippen LogP contribution >= 0.6 is 11.8 Å². The molecule has 0 saturated heterocycles. The summed E-state index contributed by atoms with van der Waals surface area (Å²) in [7, 11) is 0.